The van der Waals surface area contributed by atoms with Crippen LogP contribution < -0.4 is 5.32 Å². The van der Waals surface area contributed by atoms with Gasteiger partial charge in [-0.25, -0.2) is 19.0 Å². The molecule has 2 aromatic carbocycles. The first-order chi connectivity index (χ1) is 13.3. The predicted octanol–water partition coefficient (Wildman–Crippen LogP) is 3.76. The summed E-state index contributed by atoms with van der Waals surface area (Å²) in [6.45, 7) is 0.528. The van der Waals surface area contributed by atoms with Gasteiger partial charge in [0.15, 0.2) is 0 Å². The Bertz CT molecular complexity index is 979. The Kier molecular flexibility index (Phi) is 7.28. The van der Waals surface area contributed by atoms with Crippen LogP contribution in [-0.4, -0.2) is 31.7 Å². The maximum atomic E-state index is 13.2. The lowest BCUT2D eigenvalue weighted by molar-refractivity contribution is -0.159. The van der Waals surface area contributed by atoms with Crippen molar-refractivity contribution in [3.63, 3.8) is 0 Å². The van der Waals surface area contributed by atoms with Gasteiger partial charge in [-0.1, -0.05) is 40.2 Å². The highest BCUT2D eigenvalue weighted by Gasteiger charge is 2.08. The van der Waals surface area contributed by atoms with Crippen LogP contribution in [0.5, 0.6) is 0 Å². The number of carboxylic acid groups (broad SMARTS) is 2. The summed E-state index contributed by atoms with van der Waals surface area (Å²) >= 11 is 3.48. The van der Waals surface area contributed by atoms with E-state index in [2.05, 4.69) is 26.2 Å². The molecule has 0 saturated carbocycles. The quantitative estimate of drug-likeness (QED) is 0.523. The zero-order valence-corrected chi connectivity index (χ0v) is 16.4. The molecule has 0 aliphatic carbocycles. The number of aromatic nitrogens is 2. The number of anilines is 1. The minimum Gasteiger partial charge on any atom is -0.473 e. The van der Waals surface area contributed by atoms with Gasteiger partial charge in [0.1, 0.15) is 5.82 Å². The molecule has 0 fully saturated rings. The summed E-state index contributed by atoms with van der Waals surface area (Å²) in [6, 6.07) is 14.6. The van der Waals surface area contributed by atoms with Gasteiger partial charge in [0, 0.05) is 23.6 Å². The van der Waals surface area contributed by atoms with E-state index >= 15 is 0 Å². The van der Waals surface area contributed by atoms with Crippen LogP contribution in [0.4, 0.5) is 10.3 Å². The van der Waals surface area contributed by atoms with Crippen molar-refractivity contribution in [2.24, 2.45) is 7.05 Å². The fourth-order valence-corrected chi connectivity index (χ4v) is 2.72. The van der Waals surface area contributed by atoms with Gasteiger partial charge in [-0.15, -0.1) is 0 Å². The van der Waals surface area contributed by atoms with Gasteiger partial charge in [0.2, 0.25) is 5.95 Å². The minimum absolute atomic E-state index is 0.228. The molecule has 3 aromatic rings. The Labute approximate surface area is 168 Å². The SMILES string of the molecule is Cn1c(-c2cccc(Br)c2)cnc1NCc1cccc(F)c1.O=C(O)C(=O)O. The number of aliphatic carboxylic acids is 2. The maximum Gasteiger partial charge on any atom is 0.414 e. The van der Waals surface area contributed by atoms with Crippen molar-refractivity contribution in [3.05, 3.63) is 70.6 Å². The molecule has 0 amide bonds. The van der Waals surface area contributed by atoms with E-state index in [0.717, 1.165) is 27.2 Å². The number of carboxylic acids is 2. The van der Waals surface area contributed by atoms with E-state index in [9.17, 15) is 4.39 Å². The van der Waals surface area contributed by atoms with E-state index in [1.54, 1.807) is 6.07 Å². The second-order valence-electron chi connectivity index (χ2n) is 5.63. The van der Waals surface area contributed by atoms with Crippen molar-refractivity contribution in [2.75, 3.05) is 5.32 Å². The molecule has 9 heteroatoms. The number of nitrogens with one attached hydrogen (secondary N) is 1. The molecule has 0 spiro atoms. The van der Waals surface area contributed by atoms with Gasteiger partial charge in [0.25, 0.3) is 0 Å². The van der Waals surface area contributed by atoms with Crippen molar-refractivity contribution in [1.29, 1.82) is 0 Å². The average Bonchev–Trinajstić information content (AvgIpc) is 3.01. The van der Waals surface area contributed by atoms with E-state index in [-0.39, 0.29) is 5.82 Å². The summed E-state index contributed by atoms with van der Waals surface area (Å²) in [7, 11) is 1.96. The van der Waals surface area contributed by atoms with E-state index in [0.29, 0.717) is 6.54 Å². The second-order valence-corrected chi connectivity index (χ2v) is 6.55. The number of nitrogens with zero attached hydrogens (tertiary/aromatic N) is 2. The summed E-state index contributed by atoms with van der Waals surface area (Å²) in [5.74, 6) is -3.13. The average molecular weight is 450 g/mol. The molecule has 1 heterocycles. The summed E-state index contributed by atoms with van der Waals surface area (Å²) in [6.07, 6.45) is 1.83. The molecule has 0 radical (unpaired) electrons. The highest BCUT2D eigenvalue weighted by Crippen LogP contribution is 2.24. The molecule has 1 aromatic heterocycles. The number of hydrogen-bond donors (Lipinski definition) is 3. The van der Waals surface area contributed by atoms with Gasteiger partial charge in [0.05, 0.1) is 11.9 Å². The predicted molar refractivity (Wildman–Crippen MR) is 105 cm³/mol. The monoisotopic (exact) mass is 449 g/mol. The van der Waals surface area contributed by atoms with E-state index < -0.39 is 11.9 Å². The maximum absolute atomic E-state index is 13.2. The van der Waals surface area contributed by atoms with Crippen molar-refractivity contribution < 1.29 is 24.2 Å². The Morgan fingerprint density at radius 3 is 2.43 bits per heavy atom. The van der Waals surface area contributed by atoms with Crippen molar-refractivity contribution >= 4 is 33.8 Å². The number of halogens is 2. The van der Waals surface area contributed by atoms with E-state index in [1.165, 1.54) is 12.1 Å². The molecule has 0 aliphatic heterocycles. The van der Waals surface area contributed by atoms with Gasteiger partial charge >= 0.3 is 11.9 Å². The normalized spacial score (nSPS) is 9.96. The summed E-state index contributed by atoms with van der Waals surface area (Å²) < 4.78 is 16.2. The minimum atomic E-state index is -1.82. The molecule has 3 N–H and O–H groups in total. The highest BCUT2D eigenvalue weighted by atomic mass is 79.9. The fraction of sp³-hybridized carbons (Fsp3) is 0.105. The first-order valence-electron chi connectivity index (χ1n) is 8.00. The second kappa shape index (κ2) is 9.65. The van der Waals surface area contributed by atoms with Gasteiger partial charge in [-0.2, -0.15) is 0 Å². The zero-order chi connectivity index (χ0) is 20.7. The summed E-state index contributed by atoms with van der Waals surface area (Å²) in [5.41, 5.74) is 2.98. The highest BCUT2D eigenvalue weighted by molar-refractivity contribution is 9.10. The first kappa shape index (κ1) is 21.1. The number of imidazole rings is 1. The molecule has 0 unspecified atom stereocenters. The van der Waals surface area contributed by atoms with Gasteiger partial charge in [-0.3, -0.25) is 0 Å². The third-order valence-electron chi connectivity index (χ3n) is 3.63. The zero-order valence-electron chi connectivity index (χ0n) is 14.8. The molecule has 146 valence electrons. The van der Waals surface area contributed by atoms with E-state index in [4.69, 9.17) is 19.8 Å². The Balaban J connectivity index is 0.000000409. The topological polar surface area (TPSA) is 104 Å². The van der Waals surface area contributed by atoms with E-state index in [1.807, 2.05) is 48.1 Å². The summed E-state index contributed by atoms with van der Waals surface area (Å²) in [5, 5.41) is 18.0. The standard InChI is InChI=1S/C17H15BrFN3.C2H2O4/c1-22-16(13-5-3-6-14(18)9-13)11-21-17(22)20-10-12-4-2-7-15(19)8-12;3-1(4)2(5)6/h2-9,11H,10H2,1H3,(H,20,21);(H,3,4)(H,5,6). The third-order valence-corrected chi connectivity index (χ3v) is 4.12. The van der Waals surface area contributed by atoms with Crippen LogP contribution in [0, 0.1) is 5.82 Å². The van der Waals surface area contributed by atoms with Crippen LogP contribution in [0.25, 0.3) is 11.3 Å². The Hall–Kier alpha value is -3.20. The first-order valence-corrected chi connectivity index (χ1v) is 8.79. The van der Waals surface area contributed by atoms with Crippen LogP contribution in [0.1, 0.15) is 5.56 Å². The van der Waals surface area contributed by atoms with Crippen molar-refractivity contribution in [2.45, 2.75) is 6.54 Å². The number of rotatable bonds is 4. The number of carbonyl (C=O) groups is 2. The van der Waals surface area contributed by atoms with Crippen LogP contribution in [0.3, 0.4) is 0 Å². The van der Waals surface area contributed by atoms with Crippen LogP contribution in [-0.2, 0) is 23.2 Å². The molecule has 0 saturated heterocycles. The van der Waals surface area contributed by atoms with Crippen molar-refractivity contribution in [3.8, 4) is 11.3 Å². The Morgan fingerprint density at radius 1 is 1.14 bits per heavy atom. The van der Waals surface area contributed by atoms with Gasteiger partial charge in [-0.05, 0) is 29.8 Å². The van der Waals surface area contributed by atoms with Crippen LogP contribution in [0.15, 0.2) is 59.2 Å². The van der Waals surface area contributed by atoms with Crippen molar-refractivity contribution in [1.82, 2.24) is 9.55 Å². The lowest BCUT2D eigenvalue weighted by atomic mass is 10.2. The number of benzene rings is 2. The number of hydrogen-bond acceptors (Lipinski definition) is 4. The molecule has 3 rings (SSSR count). The third kappa shape index (κ3) is 5.92. The molecule has 7 nitrogen and oxygen atoms in total. The molecular weight excluding hydrogens is 433 g/mol. The molecular formula is C19H17BrFN3O4. The molecule has 28 heavy (non-hydrogen) atoms. The lowest BCUT2D eigenvalue weighted by Crippen LogP contribution is -2.09. The summed E-state index contributed by atoms with van der Waals surface area (Å²) in [4.78, 5) is 22.6. The lowest BCUT2D eigenvalue weighted by Gasteiger charge is -2.09. The molecule has 0 atom stereocenters. The molecule has 0 aliphatic rings. The van der Waals surface area contributed by atoms with Crippen LogP contribution in [0.2, 0.25) is 0 Å². The van der Waals surface area contributed by atoms with Crippen LogP contribution >= 0.6 is 15.9 Å². The fourth-order valence-electron chi connectivity index (χ4n) is 2.32. The molecule has 0 bridgehead atoms. The largest absolute Gasteiger partial charge is 0.473 e. The smallest absolute Gasteiger partial charge is 0.414 e. The van der Waals surface area contributed by atoms with Gasteiger partial charge < -0.3 is 20.1 Å². The Morgan fingerprint density at radius 2 is 1.82 bits per heavy atom.